The number of hydrogen-bond donors (Lipinski definition) is 3. The summed E-state index contributed by atoms with van der Waals surface area (Å²) in [7, 11) is 0. The Hall–Kier alpha value is -1.79. The highest BCUT2D eigenvalue weighted by Gasteiger charge is 2.20. The molecule has 0 heterocycles. The van der Waals surface area contributed by atoms with Crippen LogP contribution in [0, 0.1) is 0 Å². The van der Waals surface area contributed by atoms with Gasteiger partial charge in [0.1, 0.15) is 11.6 Å². The molecule has 1 unspecified atom stereocenters. The molecule has 0 aliphatic heterocycles. The van der Waals surface area contributed by atoms with E-state index < -0.39 is 23.7 Å². The summed E-state index contributed by atoms with van der Waals surface area (Å²) in [6, 6.07) is -1.16. The Kier molecular flexibility index (Phi) is 5.27. The standard InChI is InChI=1S/C9H16N2O5/c1-9(2,3)16-8(15)10-4-6(7(13)14)11-5-12/h5-6H,4H2,1-3H3,(H,10,15)(H,11,12)(H,13,14). The van der Waals surface area contributed by atoms with E-state index in [-0.39, 0.29) is 13.0 Å². The molecule has 7 nitrogen and oxygen atoms in total. The molecule has 0 bridgehead atoms. The van der Waals surface area contributed by atoms with Crippen molar-refractivity contribution in [2.75, 3.05) is 6.54 Å². The van der Waals surface area contributed by atoms with Crippen LogP contribution in [0.15, 0.2) is 0 Å². The molecule has 0 fully saturated rings. The lowest BCUT2D eigenvalue weighted by Crippen LogP contribution is -2.46. The van der Waals surface area contributed by atoms with E-state index in [1.807, 2.05) is 5.32 Å². The van der Waals surface area contributed by atoms with Crippen molar-refractivity contribution < 1.29 is 24.2 Å². The molecule has 0 aromatic rings. The van der Waals surface area contributed by atoms with Crippen LogP contribution in [0.2, 0.25) is 0 Å². The Morgan fingerprint density at radius 2 is 2.00 bits per heavy atom. The number of carboxylic acid groups (broad SMARTS) is 1. The third-order valence-electron chi connectivity index (χ3n) is 1.42. The molecule has 1 atom stereocenters. The average molecular weight is 232 g/mol. The minimum atomic E-state index is -1.23. The van der Waals surface area contributed by atoms with Crippen molar-refractivity contribution >= 4 is 18.5 Å². The maximum absolute atomic E-state index is 11.1. The van der Waals surface area contributed by atoms with E-state index in [2.05, 4.69) is 5.32 Å². The molecule has 0 aromatic carbocycles. The number of ether oxygens (including phenoxy) is 1. The van der Waals surface area contributed by atoms with Gasteiger partial charge >= 0.3 is 12.1 Å². The molecule has 92 valence electrons. The van der Waals surface area contributed by atoms with Crippen molar-refractivity contribution in [2.24, 2.45) is 0 Å². The van der Waals surface area contributed by atoms with E-state index in [0.29, 0.717) is 0 Å². The quantitative estimate of drug-likeness (QED) is 0.565. The summed E-state index contributed by atoms with van der Waals surface area (Å²) in [5.74, 6) is -1.23. The van der Waals surface area contributed by atoms with Crippen LogP contribution in [0.1, 0.15) is 20.8 Å². The summed E-state index contributed by atoms with van der Waals surface area (Å²) in [4.78, 5) is 31.8. The minimum absolute atomic E-state index is 0.233. The number of aliphatic carboxylic acids is 1. The summed E-state index contributed by atoms with van der Waals surface area (Å²) in [6.07, 6.45) is -0.471. The molecular formula is C9H16N2O5. The predicted molar refractivity (Wildman–Crippen MR) is 54.9 cm³/mol. The molecule has 3 N–H and O–H groups in total. The first-order valence-electron chi connectivity index (χ1n) is 4.65. The normalized spacial score (nSPS) is 12.4. The number of amides is 2. The number of alkyl carbamates (subject to hydrolysis) is 1. The van der Waals surface area contributed by atoms with Crippen LogP contribution in [0.25, 0.3) is 0 Å². The SMILES string of the molecule is CC(C)(C)OC(=O)NCC(NC=O)C(=O)O. The molecule has 0 saturated carbocycles. The van der Waals surface area contributed by atoms with Crippen molar-refractivity contribution in [3.05, 3.63) is 0 Å². The monoisotopic (exact) mass is 232 g/mol. The van der Waals surface area contributed by atoms with Gasteiger partial charge in [-0.15, -0.1) is 0 Å². The highest BCUT2D eigenvalue weighted by molar-refractivity contribution is 5.77. The lowest BCUT2D eigenvalue weighted by atomic mass is 10.2. The van der Waals surface area contributed by atoms with E-state index in [9.17, 15) is 14.4 Å². The van der Waals surface area contributed by atoms with Crippen LogP contribution in [-0.4, -0.2) is 41.8 Å². The van der Waals surface area contributed by atoms with Crippen LogP contribution in [0.5, 0.6) is 0 Å². The first-order valence-corrected chi connectivity index (χ1v) is 4.65. The van der Waals surface area contributed by atoms with Crippen LogP contribution < -0.4 is 10.6 Å². The van der Waals surface area contributed by atoms with Crippen molar-refractivity contribution in [2.45, 2.75) is 32.4 Å². The van der Waals surface area contributed by atoms with E-state index in [1.54, 1.807) is 20.8 Å². The molecule has 7 heteroatoms. The fourth-order valence-corrected chi connectivity index (χ4v) is 0.799. The van der Waals surface area contributed by atoms with Gasteiger partial charge in [-0.05, 0) is 20.8 Å². The molecule has 0 aliphatic rings. The van der Waals surface area contributed by atoms with Crippen molar-refractivity contribution in [1.82, 2.24) is 10.6 Å². The first kappa shape index (κ1) is 14.2. The number of hydrogen-bond acceptors (Lipinski definition) is 4. The molecule has 0 aliphatic carbocycles. The van der Waals surface area contributed by atoms with Gasteiger partial charge in [-0.1, -0.05) is 0 Å². The maximum atomic E-state index is 11.1. The van der Waals surface area contributed by atoms with Crippen LogP contribution >= 0.6 is 0 Å². The fraction of sp³-hybridized carbons (Fsp3) is 0.667. The van der Waals surface area contributed by atoms with Gasteiger partial charge in [0.2, 0.25) is 6.41 Å². The van der Waals surface area contributed by atoms with Gasteiger partial charge in [0.25, 0.3) is 0 Å². The number of rotatable bonds is 5. The molecule has 0 saturated heterocycles. The Labute approximate surface area is 93.2 Å². The minimum Gasteiger partial charge on any atom is -0.480 e. The molecule has 16 heavy (non-hydrogen) atoms. The summed E-state index contributed by atoms with van der Waals surface area (Å²) < 4.78 is 4.89. The molecule has 0 radical (unpaired) electrons. The zero-order chi connectivity index (χ0) is 12.8. The van der Waals surface area contributed by atoms with Crippen LogP contribution in [0.3, 0.4) is 0 Å². The lowest BCUT2D eigenvalue weighted by molar-refractivity contribution is -0.140. The van der Waals surface area contributed by atoms with E-state index >= 15 is 0 Å². The highest BCUT2D eigenvalue weighted by Crippen LogP contribution is 2.06. The van der Waals surface area contributed by atoms with Gasteiger partial charge in [0.15, 0.2) is 0 Å². The number of carbonyl (C=O) groups excluding carboxylic acids is 2. The second kappa shape index (κ2) is 5.94. The third kappa shape index (κ3) is 6.63. The van der Waals surface area contributed by atoms with Crippen molar-refractivity contribution in [3.63, 3.8) is 0 Å². The second-order valence-corrected chi connectivity index (χ2v) is 4.06. The van der Waals surface area contributed by atoms with E-state index in [1.165, 1.54) is 0 Å². The topological polar surface area (TPSA) is 105 Å². The van der Waals surface area contributed by atoms with Gasteiger partial charge in [-0.25, -0.2) is 9.59 Å². The summed E-state index contributed by atoms with van der Waals surface area (Å²) >= 11 is 0. The largest absolute Gasteiger partial charge is 0.480 e. The van der Waals surface area contributed by atoms with Gasteiger partial charge < -0.3 is 20.5 Å². The van der Waals surface area contributed by atoms with E-state index in [4.69, 9.17) is 9.84 Å². The van der Waals surface area contributed by atoms with Gasteiger partial charge in [-0.3, -0.25) is 4.79 Å². The van der Waals surface area contributed by atoms with Crippen molar-refractivity contribution in [1.29, 1.82) is 0 Å². The zero-order valence-corrected chi connectivity index (χ0v) is 9.44. The molecule has 2 amide bonds. The summed E-state index contributed by atoms with van der Waals surface area (Å²) in [6.45, 7) is 4.82. The Balaban J connectivity index is 4.06. The van der Waals surface area contributed by atoms with Crippen LogP contribution in [-0.2, 0) is 14.3 Å². The van der Waals surface area contributed by atoms with Gasteiger partial charge in [-0.2, -0.15) is 0 Å². The molecule has 0 rings (SSSR count). The van der Waals surface area contributed by atoms with Gasteiger partial charge in [0, 0.05) is 0 Å². The Morgan fingerprint density at radius 3 is 2.38 bits per heavy atom. The lowest BCUT2D eigenvalue weighted by Gasteiger charge is -2.20. The summed E-state index contributed by atoms with van der Waals surface area (Å²) in [5.41, 5.74) is -0.652. The molecule has 0 aromatic heterocycles. The number of nitrogens with one attached hydrogen (secondary N) is 2. The van der Waals surface area contributed by atoms with Crippen LogP contribution in [0.4, 0.5) is 4.79 Å². The zero-order valence-electron chi connectivity index (χ0n) is 9.44. The smallest absolute Gasteiger partial charge is 0.407 e. The first-order chi connectivity index (χ1) is 7.26. The van der Waals surface area contributed by atoms with E-state index in [0.717, 1.165) is 0 Å². The summed E-state index contributed by atoms with van der Waals surface area (Å²) in [5, 5.41) is 12.9. The Morgan fingerprint density at radius 1 is 1.44 bits per heavy atom. The Bertz CT molecular complexity index is 272. The fourth-order valence-electron chi connectivity index (χ4n) is 0.799. The second-order valence-electron chi connectivity index (χ2n) is 4.06. The number of carbonyl (C=O) groups is 3. The average Bonchev–Trinajstić information content (AvgIpc) is 2.08. The number of carboxylic acids is 1. The predicted octanol–water partition coefficient (Wildman–Crippen LogP) is -0.290. The maximum Gasteiger partial charge on any atom is 0.407 e. The molecular weight excluding hydrogens is 216 g/mol. The van der Waals surface area contributed by atoms with Gasteiger partial charge in [0.05, 0.1) is 6.54 Å². The highest BCUT2D eigenvalue weighted by atomic mass is 16.6. The third-order valence-corrected chi connectivity index (χ3v) is 1.42. The molecule has 0 spiro atoms. The van der Waals surface area contributed by atoms with Crippen molar-refractivity contribution in [3.8, 4) is 0 Å².